The third kappa shape index (κ3) is 3.49. The Hall–Kier alpha value is -3.55. The quantitative estimate of drug-likeness (QED) is 0.258. The lowest BCUT2D eigenvalue weighted by Gasteiger charge is -2.19. The second kappa shape index (κ2) is 7.46. The van der Waals surface area contributed by atoms with Crippen molar-refractivity contribution in [2.45, 2.75) is 25.7 Å². The van der Waals surface area contributed by atoms with Crippen LogP contribution in [0.3, 0.4) is 0 Å². The lowest BCUT2D eigenvalue weighted by atomic mass is 9.81. The summed E-state index contributed by atoms with van der Waals surface area (Å²) in [7, 11) is 0. The van der Waals surface area contributed by atoms with E-state index in [9.17, 15) is 24.5 Å². The smallest absolute Gasteiger partial charge is 0.343 e. The summed E-state index contributed by atoms with van der Waals surface area (Å²) in [6.45, 7) is 0. The fourth-order valence-electron chi connectivity index (χ4n) is 3.97. The molecule has 0 radical (unpaired) electrons. The summed E-state index contributed by atoms with van der Waals surface area (Å²) in [6, 6.07) is 11.3. The van der Waals surface area contributed by atoms with Gasteiger partial charge in [0.05, 0.1) is 28.0 Å². The van der Waals surface area contributed by atoms with Crippen LogP contribution in [0.15, 0.2) is 48.5 Å². The first-order valence-electron chi connectivity index (χ1n) is 9.40. The monoisotopic (exact) mass is 394 g/mol. The lowest BCUT2D eigenvalue weighted by molar-refractivity contribution is -0.384. The number of nitrogens with zero attached hydrogens (tertiary/aromatic N) is 2. The van der Waals surface area contributed by atoms with E-state index in [-0.39, 0.29) is 40.7 Å². The Morgan fingerprint density at radius 1 is 0.931 bits per heavy atom. The summed E-state index contributed by atoms with van der Waals surface area (Å²) in [5, 5.41) is 10.7. The molecule has 0 spiro atoms. The summed E-state index contributed by atoms with van der Waals surface area (Å²) in [5.41, 5.74) is 0.583. The zero-order valence-corrected chi connectivity index (χ0v) is 15.4. The van der Waals surface area contributed by atoms with Gasteiger partial charge in [0.2, 0.25) is 11.8 Å². The van der Waals surface area contributed by atoms with E-state index < -0.39 is 10.9 Å². The van der Waals surface area contributed by atoms with Crippen molar-refractivity contribution in [3.8, 4) is 5.75 Å². The van der Waals surface area contributed by atoms with E-state index in [1.165, 1.54) is 41.3 Å². The summed E-state index contributed by atoms with van der Waals surface area (Å²) in [6.07, 6.45) is 3.40. The molecule has 2 amide bonds. The van der Waals surface area contributed by atoms with Crippen LogP contribution in [0.2, 0.25) is 0 Å². The molecule has 8 nitrogen and oxygen atoms in total. The summed E-state index contributed by atoms with van der Waals surface area (Å²) in [4.78, 5) is 49.0. The molecule has 0 unspecified atom stereocenters. The number of fused-ring (bicyclic) bond motifs is 1. The van der Waals surface area contributed by atoms with Gasteiger partial charge in [0, 0.05) is 12.1 Å². The van der Waals surface area contributed by atoms with Gasteiger partial charge in [-0.3, -0.25) is 24.6 Å². The summed E-state index contributed by atoms with van der Waals surface area (Å²) >= 11 is 0. The number of esters is 1. The molecule has 4 rings (SSSR count). The minimum Gasteiger partial charge on any atom is -0.423 e. The second-order valence-electron chi connectivity index (χ2n) is 7.20. The fraction of sp³-hybridized carbons (Fsp3) is 0.286. The average Bonchev–Trinajstić information content (AvgIpc) is 2.99. The molecule has 1 aliphatic carbocycles. The molecule has 2 aromatic rings. The van der Waals surface area contributed by atoms with Crippen LogP contribution in [0.4, 0.5) is 11.4 Å². The minimum absolute atomic E-state index is 0.102. The number of carbonyl (C=O) groups is 3. The normalized spacial score (nSPS) is 21.0. The number of hydrogen-bond acceptors (Lipinski definition) is 6. The van der Waals surface area contributed by atoms with E-state index in [1.54, 1.807) is 12.1 Å². The molecule has 1 saturated carbocycles. The Bertz CT molecular complexity index is 959. The van der Waals surface area contributed by atoms with Crippen molar-refractivity contribution in [1.29, 1.82) is 0 Å². The third-order valence-corrected chi connectivity index (χ3v) is 5.46. The lowest BCUT2D eigenvalue weighted by Crippen LogP contribution is -2.30. The molecule has 148 valence electrons. The minimum atomic E-state index is -0.641. The van der Waals surface area contributed by atoms with Gasteiger partial charge in [-0.1, -0.05) is 12.8 Å². The molecule has 2 aliphatic rings. The molecule has 2 atom stereocenters. The van der Waals surface area contributed by atoms with Crippen LogP contribution in [0.25, 0.3) is 0 Å². The number of non-ortho nitro benzene ring substituents is 1. The number of imide groups is 1. The number of nitro groups is 1. The SMILES string of the molecule is O=C(Oc1ccc([N+](=O)[O-])cc1)c1ccc(N2C(=O)[C@H]3CCCC[C@H]3C2=O)cc1. The molecule has 1 aliphatic heterocycles. The van der Waals surface area contributed by atoms with E-state index in [0.29, 0.717) is 5.69 Å². The molecule has 1 saturated heterocycles. The molecule has 2 aromatic carbocycles. The van der Waals surface area contributed by atoms with Gasteiger partial charge in [-0.2, -0.15) is 0 Å². The first-order chi connectivity index (χ1) is 14.0. The van der Waals surface area contributed by atoms with Crippen LogP contribution in [0.1, 0.15) is 36.0 Å². The fourth-order valence-corrected chi connectivity index (χ4v) is 3.97. The number of nitro benzene ring substituents is 1. The largest absolute Gasteiger partial charge is 0.423 e. The van der Waals surface area contributed by atoms with Crippen molar-refractivity contribution in [2.24, 2.45) is 11.8 Å². The molecule has 0 bridgehead atoms. The summed E-state index contributed by atoms with van der Waals surface area (Å²) < 4.78 is 5.21. The van der Waals surface area contributed by atoms with E-state index in [1.807, 2.05) is 0 Å². The van der Waals surface area contributed by atoms with Crippen molar-refractivity contribution < 1.29 is 24.0 Å². The zero-order chi connectivity index (χ0) is 20.5. The molecule has 2 fully saturated rings. The van der Waals surface area contributed by atoms with Gasteiger partial charge in [-0.05, 0) is 49.2 Å². The van der Waals surface area contributed by atoms with Crippen molar-refractivity contribution in [3.63, 3.8) is 0 Å². The number of ether oxygens (including phenoxy) is 1. The molecule has 1 heterocycles. The van der Waals surface area contributed by atoms with Crippen LogP contribution in [-0.2, 0) is 9.59 Å². The van der Waals surface area contributed by atoms with E-state index in [0.717, 1.165) is 25.7 Å². The highest BCUT2D eigenvalue weighted by Gasteiger charge is 2.48. The van der Waals surface area contributed by atoms with Gasteiger partial charge in [0.1, 0.15) is 5.75 Å². The molecule has 0 aromatic heterocycles. The maximum atomic E-state index is 12.7. The number of rotatable bonds is 4. The van der Waals surface area contributed by atoms with Gasteiger partial charge in [0.15, 0.2) is 0 Å². The Morgan fingerprint density at radius 2 is 1.48 bits per heavy atom. The van der Waals surface area contributed by atoms with E-state index >= 15 is 0 Å². The molecule has 0 N–H and O–H groups in total. The topological polar surface area (TPSA) is 107 Å². The molecular formula is C21H18N2O6. The Balaban J connectivity index is 1.47. The number of carbonyl (C=O) groups excluding carboxylic acids is 3. The highest BCUT2D eigenvalue weighted by molar-refractivity contribution is 6.22. The van der Waals surface area contributed by atoms with Crippen molar-refractivity contribution in [1.82, 2.24) is 0 Å². The van der Waals surface area contributed by atoms with E-state index in [2.05, 4.69) is 0 Å². The number of anilines is 1. The first kappa shape index (κ1) is 18.8. The van der Waals surface area contributed by atoms with Gasteiger partial charge >= 0.3 is 5.97 Å². The Morgan fingerprint density at radius 3 is 2.00 bits per heavy atom. The van der Waals surface area contributed by atoms with Gasteiger partial charge in [-0.25, -0.2) is 4.79 Å². The second-order valence-corrected chi connectivity index (χ2v) is 7.20. The van der Waals surface area contributed by atoms with Crippen LogP contribution in [0.5, 0.6) is 5.75 Å². The molecule has 29 heavy (non-hydrogen) atoms. The maximum absolute atomic E-state index is 12.7. The zero-order valence-electron chi connectivity index (χ0n) is 15.4. The van der Waals surface area contributed by atoms with Crippen molar-refractivity contribution >= 4 is 29.2 Å². The van der Waals surface area contributed by atoms with Crippen molar-refractivity contribution in [3.05, 3.63) is 64.2 Å². The first-order valence-corrected chi connectivity index (χ1v) is 9.40. The Labute approximate surface area is 166 Å². The summed E-state index contributed by atoms with van der Waals surface area (Å²) in [5.74, 6) is -1.26. The van der Waals surface area contributed by atoms with Crippen LogP contribution < -0.4 is 9.64 Å². The predicted octanol–water partition coefficient (Wildman–Crippen LogP) is 3.49. The van der Waals surface area contributed by atoms with Gasteiger partial charge in [0.25, 0.3) is 5.69 Å². The highest BCUT2D eigenvalue weighted by atomic mass is 16.6. The third-order valence-electron chi connectivity index (χ3n) is 5.46. The number of amides is 2. The number of hydrogen-bond donors (Lipinski definition) is 0. The highest BCUT2D eigenvalue weighted by Crippen LogP contribution is 2.40. The number of benzene rings is 2. The van der Waals surface area contributed by atoms with Gasteiger partial charge < -0.3 is 4.74 Å². The Kier molecular flexibility index (Phi) is 4.84. The molecular weight excluding hydrogens is 376 g/mol. The average molecular weight is 394 g/mol. The van der Waals surface area contributed by atoms with Crippen molar-refractivity contribution in [2.75, 3.05) is 4.90 Å². The maximum Gasteiger partial charge on any atom is 0.343 e. The standard InChI is InChI=1S/C21H18N2O6/c24-19-17-3-1-2-4-18(17)20(25)22(19)14-7-5-13(6-8-14)21(26)29-16-11-9-15(10-12-16)23(27)28/h5-12,17-18H,1-4H2/t17-,18+. The van der Waals surface area contributed by atoms with Gasteiger partial charge in [-0.15, -0.1) is 0 Å². The van der Waals surface area contributed by atoms with E-state index in [4.69, 9.17) is 4.74 Å². The molecule has 8 heteroatoms. The van der Waals surface area contributed by atoms with Crippen LogP contribution >= 0.6 is 0 Å². The predicted molar refractivity (Wildman–Crippen MR) is 102 cm³/mol. The van der Waals surface area contributed by atoms with Crippen LogP contribution in [-0.4, -0.2) is 22.7 Å². The van der Waals surface area contributed by atoms with Crippen LogP contribution in [0, 0.1) is 22.0 Å².